The van der Waals surface area contributed by atoms with E-state index in [0.29, 0.717) is 17.1 Å². The van der Waals surface area contributed by atoms with E-state index in [2.05, 4.69) is 5.32 Å². The zero-order valence-corrected chi connectivity index (χ0v) is 13.2. The molecule has 0 saturated carbocycles. The maximum atomic E-state index is 13.1. The van der Waals surface area contributed by atoms with E-state index < -0.39 is 11.9 Å². The number of anilines is 2. The minimum Gasteiger partial charge on any atom is -0.479 e. The molecule has 5 nitrogen and oxygen atoms in total. The van der Waals surface area contributed by atoms with Crippen LogP contribution in [0.3, 0.4) is 0 Å². The Hall–Kier alpha value is -2.89. The summed E-state index contributed by atoms with van der Waals surface area (Å²) in [7, 11) is 0. The fraction of sp³-hybridized carbons (Fsp3) is 0.222. The van der Waals surface area contributed by atoms with Gasteiger partial charge in [-0.3, -0.25) is 9.59 Å². The second-order valence-electron chi connectivity index (χ2n) is 5.53. The Kier molecular flexibility index (Phi) is 4.46. The van der Waals surface area contributed by atoms with E-state index in [-0.39, 0.29) is 24.8 Å². The maximum Gasteiger partial charge on any atom is 0.267 e. The molecule has 6 heteroatoms. The summed E-state index contributed by atoms with van der Waals surface area (Å²) in [5.74, 6) is -0.272. The molecule has 0 spiro atoms. The summed E-state index contributed by atoms with van der Waals surface area (Å²) in [6, 6.07) is 12.9. The van der Waals surface area contributed by atoms with Crippen molar-refractivity contribution in [1.82, 2.24) is 0 Å². The third-order valence-corrected chi connectivity index (χ3v) is 3.74. The summed E-state index contributed by atoms with van der Waals surface area (Å²) >= 11 is 0. The van der Waals surface area contributed by atoms with Crippen molar-refractivity contribution in [3.8, 4) is 5.75 Å². The number of para-hydroxylation sites is 2. The number of amides is 2. The van der Waals surface area contributed by atoms with Crippen LogP contribution in [-0.2, 0) is 9.59 Å². The van der Waals surface area contributed by atoms with E-state index in [1.807, 2.05) is 12.1 Å². The summed E-state index contributed by atoms with van der Waals surface area (Å²) < 4.78 is 18.7. The largest absolute Gasteiger partial charge is 0.479 e. The lowest BCUT2D eigenvalue weighted by atomic mass is 10.1. The standard InChI is InChI=1S/C18H17FN2O3/c1-12-18(23)21(15-7-2-3-8-16(15)24-12)10-9-17(22)20-14-6-4-5-13(19)11-14/h2-8,11-12H,9-10H2,1H3,(H,20,22)/t12-/m1/s1. The molecule has 0 radical (unpaired) electrons. The van der Waals surface area contributed by atoms with E-state index in [9.17, 15) is 14.0 Å². The quantitative estimate of drug-likeness (QED) is 0.939. The molecule has 1 aliphatic rings. The average Bonchev–Trinajstić information content (AvgIpc) is 2.55. The average molecular weight is 328 g/mol. The van der Waals surface area contributed by atoms with E-state index in [1.54, 1.807) is 30.0 Å². The smallest absolute Gasteiger partial charge is 0.267 e. The highest BCUT2D eigenvalue weighted by Gasteiger charge is 2.31. The Morgan fingerprint density at radius 1 is 1.25 bits per heavy atom. The molecule has 3 rings (SSSR count). The minimum atomic E-state index is -0.591. The molecule has 0 fully saturated rings. The first kappa shape index (κ1) is 16.0. The number of ether oxygens (including phenoxy) is 1. The van der Waals surface area contributed by atoms with Crippen LogP contribution in [0, 0.1) is 5.82 Å². The van der Waals surface area contributed by atoms with Gasteiger partial charge in [0.25, 0.3) is 5.91 Å². The summed E-state index contributed by atoms with van der Waals surface area (Å²) in [5, 5.41) is 2.62. The van der Waals surface area contributed by atoms with Gasteiger partial charge in [-0.2, -0.15) is 0 Å². The van der Waals surface area contributed by atoms with Gasteiger partial charge < -0.3 is 15.0 Å². The first-order valence-electron chi connectivity index (χ1n) is 7.67. The van der Waals surface area contributed by atoms with Gasteiger partial charge in [-0.05, 0) is 37.3 Å². The van der Waals surface area contributed by atoms with E-state index in [1.165, 1.54) is 18.2 Å². The van der Waals surface area contributed by atoms with E-state index >= 15 is 0 Å². The minimum absolute atomic E-state index is 0.101. The highest BCUT2D eigenvalue weighted by Crippen LogP contribution is 2.33. The van der Waals surface area contributed by atoms with Crippen LogP contribution in [-0.4, -0.2) is 24.5 Å². The van der Waals surface area contributed by atoms with E-state index in [0.717, 1.165) is 0 Å². The van der Waals surface area contributed by atoms with Crippen molar-refractivity contribution in [3.63, 3.8) is 0 Å². The Balaban J connectivity index is 1.67. The van der Waals surface area contributed by atoms with Gasteiger partial charge in [-0.15, -0.1) is 0 Å². The van der Waals surface area contributed by atoms with Gasteiger partial charge in [0.15, 0.2) is 6.10 Å². The van der Waals surface area contributed by atoms with Crippen LogP contribution < -0.4 is 15.0 Å². The third kappa shape index (κ3) is 3.37. The number of carbonyl (C=O) groups excluding carboxylic acids is 2. The first-order chi connectivity index (χ1) is 11.5. The van der Waals surface area contributed by atoms with E-state index in [4.69, 9.17) is 4.74 Å². The van der Waals surface area contributed by atoms with Crippen LogP contribution in [0.15, 0.2) is 48.5 Å². The zero-order valence-electron chi connectivity index (χ0n) is 13.2. The highest BCUT2D eigenvalue weighted by atomic mass is 19.1. The van der Waals surface area contributed by atoms with Crippen LogP contribution in [0.4, 0.5) is 15.8 Å². The topological polar surface area (TPSA) is 58.6 Å². The molecule has 0 unspecified atom stereocenters. The number of benzene rings is 2. The number of hydrogen-bond donors (Lipinski definition) is 1. The number of fused-ring (bicyclic) bond motifs is 1. The molecule has 1 atom stereocenters. The van der Waals surface area contributed by atoms with Crippen molar-refractivity contribution in [2.75, 3.05) is 16.8 Å². The predicted molar refractivity (Wildman–Crippen MR) is 88.5 cm³/mol. The zero-order chi connectivity index (χ0) is 17.1. The predicted octanol–water partition coefficient (Wildman–Crippen LogP) is 2.97. The molecule has 1 heterocycles. The summed E-state index contributed by atoms with van der Waals surface area (Å²) in [4.78, 5) is 25.9. The Morgan fingerprint density at radius 3 is 2.83 bits per heavy atom. The SMILES string of the molecule is C[C@H]1Oc2ccccc2N(CCC(=O)Nc2cccc(F)c2)C1=O. The van der Waals surface area contributed by atoms with Gasteiger partial charge in [-0.1, -0.05) is 18.2 Å². The first-order valence-corrected chi connectivity index (χ1v) is 7.67. The van der Waals surface area contributed by atoms with Crippen molar-refractivity contribution in [2.24, 2.45) is 0 Å². The van der Waals surface area contributed by atoms with Gasteiger partial charge in [0, 0.05) is 18.7 Å². The lowest BCUT2D eigenvalue weighted by Gasteiger charge is -2.32. The van der Waals surface area contributed by atoms with Gasteiger partial charge in [0.2, 0.25) is 5.91 Å². The van der Waals surface area contributed by atoms with Crippen LogP contribution in [0.25, 0.3) is 0 Å². The summed E-state index contributed by atoms with van der Waals surface area (Å²) in [6.45, 7) is 1.91. The van der Waals surface area contributed by atoms with Crippen molar-refractivity contribution in [1.29, 1.82) is 0 Å². The van der Waals surface area contributed by atoms with Crippen molar-refractivity contribution in [3.05, 3.63) is 54.3 Å². The molecule has 24 heavy (non-hydrogen) atoms. The molecule has 1 N–H and O–H groups in total. The Morgan fingerprint density at radius 2 is 2.04 bits per heavy atom. The monoisotopic (exact) mass is 328 g/mol. The second-order valence-corrected chi connectivity index (χ2v) is 5.53. The molecule has 0 bridgehead atoms. The number of nitrogens with zero attached hydrogens (tertiary/aromatic N) is 1. The molecule has 0 aliphatic carbocycles. The number of carbonyl (C=O) groups is 2. The normalized spacial score (nSPS) is 16.3. The highest BCUT2D eigenvalue weighted by molar-refractivity contribution is 6.00. The molecule has 0 aromatic heterocycles. The number of nitrogens with one attached hydrogen (secondary N) is 1. The molecule has 0 saturated heterocycles. The summed E-state index contributed by atoms with van der Waals surface area (Å²) in [6.07, 6.45) is -0.491. The third-order valence-electron chi connectivity index (χ3n) is 3.74. The van der Waals surface area contributed by atoms with Crippen molar-refractivity contribution < 1.29 is 18.7 Å². The Bertz CT molecular complexity index is 778. The fourth-order valence-corrected chi connectivity index (χ4v) is 2.59. The number of halogens is 1. The van der Waals surface area contributed by atoms with Crippen molar-refractivity contribution >= 4 is 23.2 Å². The van der Waals surface area contributed by atoms with Crippen LogP contribution >= 0.6 is 0 Å². The van der Waals surface area contributed by atoms with Crippen LogP contribution in [0.5, 0.6) is 5.75 Å². The van der Waals surface area contributed by atoms with Gasteiger partial charge in [0.1, 0.15) is 11.6 Å². The van der Waals surface area contributed by atoms with Crippen molar-refractivity contribution in [2.45, 2.75) is 19.4 Å². The number of hydrogen-bond acceptors (Lipinski definition) is 3. The molecular formula is C18H17FN2O3. The molecule has 2 amide bonds. The molecule has 2 aromatic rings. The Labute approximate surface area is 139 Å². The van der Waals surface area contributed by atoms with Gasteiger partial charge in [0.05, 0.1) is 5.69 Å². The second kappa shape index (κ2) is 6.70. The molecule has 124 valence electrons. The number of rotatable bonds is 4. The van der Waals surface area contributed by atoms with Gasteiger partial charge in [-0.25, -0.2) is 4.39 Å². The van der Waals surface area contributed by atoms with Crippen LogP contribution in [0.2, 0.25) is 0 Å². The lowest BCUT2D eigenvalue weighted by Crippen LogP contribution is -2.45. The summed E-state index contributed by atoms with van der Waals surface area (Å²) in [5.41, 5.74) is 1.04. The lowest BCUT2D eigenvalue weighted by molar-refractivity contribution is -0.125. The molecule has 2 aromatic carbocycles. The molecule has 1 aliphatic heterocycles. The van der Waals surface area contributed by atoms with Crippen LogP contribution in [0.1, 0.15) is 13.3 Å². The van der Waals surface area contributed by atoms with Gasteiger partial charge >= 0.3 is 0 Å². The fourth-order valence-electron chi connectivity index (χ4n) is 2.59. The molecular weight excluding hydrogens is 311 g/mol. The maximum absolute atomic E-state index is 13.1.